The van der Waals surface area contributed by atoms with Crippen molar-refractivity contribution >= 4 is 0 Å². The molecule has 1 aliphatic carbocycles. The summed E-state index contributed by atoms with van der Waals surface area (Å²) in [5, 5.41) is 3.75. The highest BCUT2D eigenvalue weighted by molar-refractivity contribution is 4.84. The van der Waals surface area contributed by atoms with Gasteiger partial charge in [-0.25, -0.2) is 0 Å². The summed E-state index contributed by atoms with van der Waals surface area (Å²) in [6.07, 6.45) is 8.57. The number of nitrogens with one attached hydrogen (secondary N) is 1. The van der Waals surface area contributed by atoms with Crippen LogP contribution in [0.25, 0.3) is 0 Å². The van der Waals surface area contributed by atoms with Gasteiger partial charge in [-0.15, -0.1) is 0 Å². The van der Waals surface area contributed by atoms with Crippen LogP contribution in [0.3, 0.4) is 0 Å². The standard InChI is InChI=1S/C18H37N/c1-7-14(3)11-17-12-15(8-2)9-10-16(17)13-19-18(4,5)6/h14-17,19H,7-13H2,1-6H3. The molecule has 0 spiro atoms. The number of hydrogen-bond donors (Lipinski definition) is 1. The molecule has 1 fully saturated rings. The fourth-order valence-corrected chi connectivity index (χ4v) is 3.47. The Balaban J connectivity index is 2.54. The minimum Gasteiger partial charge on any atom is -0.312 e. The first-order chi connectivity index (χ1) is 8.85. The van der Waals surface area contributed by atoms with Crippen molar-refractivity contribution < 1.29 is 0 Å². The van der Waals surface area contributed by atoms with Gasteiger partial charge in [0.15, 0.2) is 0 Å². The second kappa shape index (κ2) is 7.67. The zero-order valence-corrected chi connectivity index (χ0v) is 14.3. The Bertz CT molecular complexity index is 239. The van der Waals surface area contributed by atoms with Crippen molar-refractivity contribution in [3.05, 3.63) is 0 Å². The van der Waals surface area contributed by atoms with Crippen LogP contribution in [0.4, 0.5) is 0 Å². The zero-order valence-electron chi connectivity index (χ0n) is 14.3. The molecule has 0 bridgehead atoms. The largest absolute Gasteiger partial charge is 0.312 e. The van der Waals surface area contributed by atoms with E-state index in [4.69, 9.17) is 0 Å². The van der Waals surface area contributed by atoms with Gasteiger partial charge in [0.2, 0.25) is 0 Å². The van der Waals surface area contributed by atoms with E-state index >= 15 is 0 Å². The molecule has 0 aliphatic heterocycles. The lowest BCUT2D eigenvalue weighted by molar-refractivity contribution is 0.140. The van der Waals surface area contributed by atoms with E-state index in [2.05, 4.69) is 46.9 Å². The molecule has 0 amide bonds. The van der Waals surface area contributed by atoms with Crippen molar-refractivity contribution in [3.63, 3.8) is 0 Å². The molecule has 4 atom stereocenters. The number of rotatable bonds is 6. The third-order valence-electron chi connectivity index (χ3n) is 5.12. The van der Waals surface area contributed by atoms with Crippen LogP contribution in [0.5, 0.6) is 0 Å². The quantitative estimate of drug-likeness (QED) is 0.693. The fraction of sp³-hybridized carbons (Fsp3) is 1.00. The molecule has 0 heterocycles. The van der Waals surface area contributed by atoms with Crippen molar-refractivity contribution in [2.24, 2.45) is 23.7 Å². The molecule has 0 radical (unpaired) electrons. The Morgan fingerprint density at radius 3 is 2.32 bits per heavy atom. The first-order valence-electron chi connectivity index (χ1n) is 8.60. The molecule has 4 unspecified atom stereocenters. The van der Waals surface area contributed by atoms with E-state index < -0.39 is 0 Å². The molecule has 1 aliphatic rings. The molecule has 1 heteroatoms. The average Bonchev–Trinajstić information content (AvgIpc) is 2.35. The van der Waals surface area contributed by atoms with Gasteiger partial charge in [-0.1, -0.05) is 40.0 Å². The lowest BCUT2D eigenvalue weighted by Gasteiger charge is -2.39. The Hall–Kier alpha value is -0.0400. The van der Waals surface area contributed by atoms with E-state index in [1.54, 1.807) is 0 Å². The van der Waals surface area contributed by atoms with E-state index in [9.17, 15) is 0 Å². The van der Waals surface area contributed by atoms with E-state index in [0.717, 1.165) is 23.7 Å². The molecular formula is C18H37N. The van der Waals surface area contributed by atoms with Crippen LogP contribution < -0.4 is 5.32 Å². The van der Waals surface area contributed by atoms with Gasteiger partial charge in [-0.2, -0.15) is 0 Å². The molecule has 0 aromatic carbocycles. The van der Waals surface area contributed by atoms with Crippen molar-refractivity contribution in [3.8, 4) is 0 Å². The minimum absolute atomic E-state index is 0.266. The van der Waals surface area contributed by atoms with Crippen LogP contribution in [0.1, 0.15) is 80.1 Å². The van der Waals surface area contributed by atoms with E-state index in [1.165, 1.54) is 45.1 Å². The Labute approximate surface area is 121 Å². The van der Waals surface area contributed by atoms with Crippen molar-refractivity contribution in [1.82, 2.24) is 5.32 Å². The Morgan fingerprint density at radius 1 is 1.11 bits per heavy atom. The van der Waals surface area contributed by atoms with E-state index in [0.29, 0.717) is 0 Å². The third kappa shape index (κ3) is 6.29. The molecule has 1 N–H and O–H groups in total. The van der Waals surface area contributed by atoms with E-state index in [-0.39, 0.29) is 5.54 Å². The van der Waals surface area contributed by atoms with Crippen LogP contribution in [-0.4, -0.2) is 12.1 Å². The summed E-state index contributed by atoms with van der Waals surface area (Å²) in [7, 11) is 0. The van der Waals surface area contributed by atoms with Gasteiger partial charge in [0.05, 0.1) is 0 Å². The van der Waals surface area contributed by atoms with Gasteiger partial charge in [0.25, 0.3) is 0 Å². The second-order valence-corrected chi connectivity index (χ2v) is 7.99. The molecule has 1 saturated carbocycles. The topological polar surface area (TPSA) is 12.0 Å². The highest BCUT2D eigenvalue weighted by Crippen LogP contribution is 2.39. The highest BCUT2D eigenvalue weighted by atomic mass is 14.9. The van der Waals surface area contributed by atoms with Gasteiger partial charge >= 0.3 is 0 Å². The SMILES string of the molecule is CCC(C)CC1CC(CC)CCC1CNC(C)(C)C. The summed E-state index contributed by atoms with van der Waals surface area (Å²) in [5.41, 5.74) is 0.266. The van der Waals surface area contributed by atoms with Crippen LogP contribution in [0, 0.1) is 23.7 Å². The third-order valence-corrected chi connectivity index (χ3v) is 5.12. The molecule has 114 valence electrons. The summed E-state index contributed by atoms with van der Waals surface area (Å²) in [4.78, 5) is 0. The predicted molar refractivity (Wildman–Crippen MR) is 86.4 cm³/mol. The lowest BCUT2D eigenvalue weighted by Crippen LogP contribution is -2.42. The van der Waals surface area contributed by atoms with Crippen LogP contribution in [-0.2, 0) is 0 Å². The summed E-state index contributed by atoms with van der Waals surface area (Å²) in [5.74, 6) is 3.78. The lowest BCUT2D eigenvalue weighted by atomic mass is 9.70. The summed E-state index contributed by atoms with van der Waals surface area (Å²) in [6.45, 7) is 15.2. The normalized spacial score (nSPS) is 30.3. The maximum atomic E-state index is 3.75. The fourth-order valence-electron chi connectivity index (χ4n) is 3.47. The van der Waals surface area contributed by atoms with Gasteiger partial charge in [0, 0.05) is 5.54 Å². The smallest absolute Gasteiger partial charge is 0.00966 e. The maximum absolute atomic E-state index is 3.75. The average molecular weight is 268 g/mol. The molecule has 0 aromatic rings. The minimum atomic E-state index is 0.266. The summed E-state index contributed by atoms with van der Waals surface area (Å²) >= 11 is 0. The predicted octanol–water partition coefficient (Wildman–Crippen LogP) is 5.25. The maximum Gasteiger partial charge on any atom is 0.00966 e. The van der Waals surface area contributed by atoms with Crippen molar-refractivity contribution in [2.75, 3.05) is 6.54 Å². The van der Waals surface area contributed by atoms with Gasteiger partial charge in [-0.05, 0) is 70.3 Å². The molecule has 1 rings (SSSR count). The van der Waals surface area contributed by atoms with Gasteiger partial charge < -0.3 is 5.32 Å². The monoisotopic (exact) mass is 267 g/mol. The van der Waals surface area contributed by atoms with Crippen LogP contribution in [0.15, 0.2) is 0 Å². The van der Waals surface area contributed by atoms with Crippen molar-refractivity contribution in [2.45, 2.75) is 85.6 Å². The molecule has 0 aromatic heterocycles. The van der Waals surface area contributed by atoms with Crippen LogP contribution in [0.2, 0.25) is 0 Å². The van der Waals surface area contributed by atoms with Crippen LogP contribution >= 0.6 is 0 Å². The van der Waals surface area contributed by atoms with E-state index in [1.807, 2.05) is 0 Å². The zero-order chi connectivity index (χ0) is 14.5. The Morgan fingerprint density at radius 2 is 1.79 bits per heavy atom. The molecule has 19 heavy (non-hydrogen) atoms. The van der Waals surface area contributed by atoms with Gasteiger partial charge in [-0.3, -0.25) is 0 Å². The highest BCUT2D eigenvalue weighted by Gasteiger charge is 2.30. The first-order valence-corrected chi connectivity index (χ1v) is 8.60. The van der Waals surface area contributed by atoms with Crippen molar-refractivity contribution in [1.29, 1.82) is 0 Å². The summed E-state index contributed by atoms with van der Waals surface area (Å²) < 4.78 is 0. The summed E-state index contributed by atoms with van der Waals surface area (Å²) in [6, 6.07) is 0. The Kier molecular flexibility index (Phi) is 6.86. The molecular weight excluding hydrogens is 230 g/mol. The van der Waals surface area contributed by atoms with Gasteiger partial charge in [0.1, 0.15) is 0 Å². The first kappa shape index (κ1) is 17.0. The second-order valence-electron chi connectivity index (χ2n) is 7.99. The molecule has 1 nitrogen and oxygen atoms in total. The number of hydrogen-bond acceptors (Lipinski definition) is 1. The molecule has 0 saturated heterocycles.